The number of rotatable bonds is 7. The predicted octanol–water partition coefficient (Wildman–Crippen LogP) is 4.61. The number of halogens is 1. The largest absolute Gasteiger partial charge is 0.351 e. The number of nitrogens with one attached hydrogen (secondary N) is 1. The van der Waals surface area contributed by atoms with Gasteiger partial charge in [-0.05, 0) is 35.6 Å². The molecular formula is C17H18ClNOS2. The lowest BCUT2D eigenvalue weighted by Gasteiger charge is -2.07. The predicted molar refractivity (Wildman–Crippen MR) is 97.7 cm³/mol. The molecule has 0 saturated carbocycles. The Morgan fingerprint density at radius 3 is 2.55 bits per heavy atom. The fraction of sp³-hybridized carbons (Fsp3) is 0.235. The number of amides is 1. The van der Waals surface area contributed by atoms with E-state index < -0.39 is 0 Å². The van der Waals surface area contributed by atoms with Crippen LogP contribution < -0.4 is 5.32 Å². The van der Waals surface area contributed by atoms with Crippen molar-refractivity contribution in [1.82, 2.24) is 5.32 Å². The first-order chi connectivity index (χ1) is 10.7. The Bertz CT molecular complexity index is 616. The van der Waals surface area contributed by atoms with Gasteiger partial charge in [0.05, 0.1) is 5.75 Å². The molecule has 0 fully saturated rings. The minimum atomic E-state index is 0.0330. The molecule has 1 amide bonds. The Morgan fingerprint density at radius 1 is 1.14 bits per heavy atom. The van der Waals surface area contributed by atoms with Gasteiger partial charge in [-0.15, -0.1) is 23.5 Å². The van der Waals surface area contributed by atoms with Crippen LogP contribution >= 0.6 is 35.1 Å². The van der Waals surface area contributed by atoms with E-state index in [9.17, 15) is 4.79 Å². The van der Waals surface area contributed by atoms with Crippen LogP contribution in [0.5, 0.6) is 0 Å². The maximum Gasteiger partial charge on any atom is 0.230 e. The van der Waals surface area contributed by atoms with Crippen LogP contribution in [0, 0.1) is 0 Å². The highest BCUT2D eigenvalue weighted by molar-refractivity contribution is 7.99. The molecule has 0 aliphatic rings. The zero-order valence-electron chi connectivity index (χ0n) is 12.3. The van der Waals surface area contributed by atoms with E-state index in [1.54, 1.807) is 23.5 Å². The number of hydrogen-bond acceptors (Lipinski definition) is 3. The van der Waals surface area contributed by atoms with Gasteiger partial charge in [-0.1, -0.05) is 41.9 Å². The molecule has 2 rings (SSSR count). The molecule has 0 saturated heterocycles. The van der Waals surface area contributed by atoms with Crippen LogP contribution in [0.3, 0.4) is 0 Å². The Hall–Kier alpha value is -1.10. The smallest absolute Gasteiger partial charge is 0.230 e. The second-order valence-electron chi connectivity index (χ2n) is 4.71. The fourth-order valence-electron chi connectivity index (χ4n) is 1.87. The molecule has 0 spiro atoms. The molecular weight excluding hydrogens is 334 g/mol. The average Bonchev–Trinajstić information content (AvgIpc) is 2.55. The van der Waals surface area contributed by atoms with Gasteiger partial charge in [0.2, 0.25) is 5.91 Å². The van der Waals surface area contributed by atoms with Gasteiger partial charge in [-0.2, -0.15) is 0 Å². The van der Waals surface area contributed by atoms with Gasteiger partial charge in [-0.3, -0.25) is 4.79 Å². The zero-order chi connectivity index (χ0) is 15.8. The molecule has 5 heteroatoms. The summed E-state index contributed by atoms with van der Waals surface area (Å²) in [6.45, 7) is 0.474. The van der Waals surface area contributed by atoms with Crippen molar-refractivity contribution in [2.75, 3.05) is 12.0 Å². The summed E-state index contributed by atoms with van der Waals surface area (Å²) >= 11 is 9.40. The summed E-state index contributed by atoms with van der Waals surface area (Å²) in [6.07, 6.45) is 2.06. The number of thioether (sulfide) groups is 2. The van der Waals surface area contributed by atoms with Gasteiger partial charge >= 0.3 is 0 Å². The van der Waals surface area contributed by atoms with Crippen LogP contribution in [0.25, 0.3) is 0 Å². The van der Waals surface area contributed by atoms with E-state index in [2.05, 4.69) is 35.8 Å². The zero-order valence-corrected chi connectivity index (χ0v) is 14.7. The first-order valence-corrected chi connectivity index (χ1v) is 9.65. The molecule has 0 heterocycles. The highest BCUT2D eigenvalue weighted by atomic mass is 35.5. The quantitative estimate of drug-likeness (QED) is 0.738. The molecule has 22 heavy (non-hydrogen) atoms. The van der Waals surface area contributed by atoms with Crippen LogP contribution in [0.4, 0.5) is 0 Å². The van der Waals surface area contributed by atoms with Crippen LogP contribution in [-0.4, -0.2) is 17.9 Å². The van der Waals surface area contributed by atoms with Gasteiger partial charge in [0, 0.05) is 22.2 Å². The Morgan fingerprint density at radius 2 is 1.86 bits per heavy atom. The summed E-state index contributed by atoms with van der Waals surface area (Å²) in [7, 11) is 0. The average molecular weight is 352 g/mol. The van der Waals surface area contributed by atoms with Crippen molar-refractivity contribution in [3.05, 3.63) is 64.7 Å². The van der Waals surface area contributed by atoms with Gasteiger partial charge in [-0.25, -0.2) is 0 Å². The lowest BCUT2D eigenvalue weighted by Crippen LogP contribution is -2.24. The highest BCUT2D eigenvalue weighted by Crippen LogP contribution is 2.18. The number of carbonyl (C=O) groups is 1. The first-order valence-electron chi connectivity index (χ1n) is 6.90. The van der Waals surface area contributed by atoms with E-state index in [1.165, 1.54) is 10.5 Å². The van der Waals surface area contributed by atoms with E-state index in [4.69, 9.17) is 11.6 Å². The lowest BCUT2D eigenvalue weighted by molar-refractivity contribution is -0.118. The normalized spacial score (nSPS) is 10.5. The van der Waals surface area contributed by atoms with Crippen molar-refractivity contribution in [3.63, 3.8) is 0 Å². The molecule has 2 aromatic carbocycles. The second-order valence-corrected chi connectivity index (χ2v) is 6.98. The number of carbonyl (C=O) groups excluding carboxylic acids is 1. The standard InChI is InChI=1S/C17H18ClNOS2/c1-21-15-8-6-13(7-9-15)11-22-12-17(20)19-10-14-4-2-3-5-16(14)18/h2-9H,10-12H2,1H3,(H,19,20). The van der Waals surface area contributed by atoms with Gasteiger partial charge in [0.1, 0.15) is 0 Å². The fourth-order valence-corrected chi connectivity index (χ4v) is 3.30. The van der Waals surface area contributed by atoms with Crippen LogP contribution in [-0.2, 0) is 17.1 Å². The van der Waals surface area contributed by atoms with E-state index in [0.717, 1.165) is 11.3 Å². The van der Waals surface area contributed by atoms with Crippen LogP contribution in [0.15, 0.2) is 53.4 Å². The molecule has 0 aromatic heterocycles. The number of benzene rings is 2. The molecule has 0 radical (unpaired) electrons. The summed E-state index contributed by atoms with van der Waals surface area (Å²) in [4.78, 5) is 13.1. The van der Waals surface area contributed by atoms with Crippen molar-refractivity contribution in [2.24, 2.45) is 0 Å². The third-order valence-electron chi connectivity index (χ3n) is 3.09. The molecule has 0 unspecified atom stereocenters. The molecule has 116 valence electrons. The van der Waals surface area contributed by atoms with E-state index in [-0.39, 0.29) is 5.91 Å². The minimum absolute atomic E-state index is 0.0330. The second kappa shape index (κ2) is 9.13. The molecule has 2 nitrogen and oxygen atoms in total. The summed E-state index contributed by atoms with van der Waals surface area (Å²) < 4.78 is 0. The van der Waals surface area contributed by atoms with Gasteiger partial charge in [0.15, 0.2) is 0 Å². The third kappa shape index (κ3) is 5.59. The summed E-state index contributed by atoms with van der Waals surface area (Å²) in [6, 6.07) is 16.0. The summed E-state index contributed by atoms with van der Waals surface area (Å²) in [5.74, 6) is 1.33. The van der Waals surface area contributed by atoms with Crippen molar-refractivity contribution in [3.8, 4) is 0 Å². The van der Waals surface area contributed by atoms with E-state index in [1.807, 2.05) is 24.3 Å². The molecule has 0 bridgehead atoms. The topological polar surface area (TPSA) is 29.1 Å². The lowest BCUT2D eigenvalue weighted by atomic mass is 10.2. The first kappa shape index (κ1) is 17.3. The van der Waals surface area contributed by atoms with Crippen molar-refractivity contribution < 1.29 is 4.79 Å². The van der Waals surface area contributed by atoms with E-state index in [0.29, 0.717) is 17.3 Å². The monoisotopic (exact) mass is 351 g/mol. The maximum atomic E-state index is 11.8. The van der Waals surface area contributed by atoms with Gasteiger partial charge in [0.25, 0.3) is 0 Å². The van der Waals surface area contributed by atoms with Crippen molar-refractivity contribution >= 4 is 41.0 Å². The third-order valence-corrected chi connectivity index (χ3v) is 5.21. The minimum Gasteiger partial charge on any atom is -0.351 e. The Balaban J connectivity index is 1.70. The van der Waals surface area contributed by atoms with Crippen LogP contribution in [0.2, 0.25) is 5.02 Å². The highest BCUT2D eigenvalue weighted by Gasteiger charge is 2.04. The maximum absolute atomic E-state index is 11.8. The number of hydrogen-bond donors (Lipinski definition) is 1. The van der Waals surface area contributed by atoms with E-state index >= 15 is 0 Å². The van der Waals surface area contributed by atoms with Crippen LogP contribution in [0.1, 0.15) is 11.1 Å². The Kier molecular flexibility index (Phi) is 7.16. The summed E-state index contributed by atoms with van der Waals surface area (Å²) in [5.41, 5.74) is 2.18. The van der Waals surface area contributed by atoms with Crippen molar-refractivity contribution in [2.45, 2.75) is 17.2 Å². The summed E-state index contributed by atoms with van der Waals surface area (Å²) in [5, 5.41) is 3.58. The van der Waals surface area contributed by atoms with Gasteiger partial charge < -0.3 is 5.32 Å². The molecule has 1 N–H and O–H groups in total. The SMILES string of the molecule is CSc1ccc(CSCC(=O)NCc2ccccc2Cl)cc1. The Labute approximate surface area is 145 Å². The molecule has 0 atom stereocenters. The molecule has 2 aromatic rings. The van der Waals surface area contributed by atoms with Crippen molar-refractivity contribution in [1.29, 1.82) is 0 Å². The molecule has 0 aliphatic carbocycles. The molecule has 0 aliphatic heterocycles.